The number of fused-ring (bicyclic) bond motifs is 1. The normalized spacial score (nSPS) is 19.2. The number of pyridine rings is 1. The predicted octanol–water partition coefficient (Wildman–Crippen LogP) is 5.32. The summed E-state index contributed by atoms with van der Waals surface area (Å²) in [6.45, 7) is 4.47. The summed E-state index contributed by atoms with van der Waals surface area (Å²) in [6.07, 6.45) is 4.82. The highest BCUT2D eigenvalue weighted by Crippen LogP contribution is 2.35. The van der Waals surface area contributed by atoms with Crippen molar-refractivity contribution in [2.45, 2.75) is 38.7 Å². The molecule has 1 aliphatic heterocycles. The minimum absolute atomic E-state index is 0.215. The third-order valence-electron chi connectivity index (χ3n) is 6.50. The molecule has 1 saturated heterocycles. The molecule has 0 saturated carbocycles. The van der Waals surface area contributed by atoms with Crippen molar-refractivity contribution in [1.29, 1.82) is 0 Å². The number of hydrogen-bond donors (Lipinski definition) is 0. The van der Waals surface area contributed by atoms with E-state index >= 15 is 0 Å². The van der Waals surface area contributed by atoms with Crippen molar-refractivity contribution in [3.63, 3.8) is 0 Å². The van der Waals surface area contributed by atoms with Crippen molar-refractivity contribution in [2.75, 3.05) is 6.61 Å². The van der Waals surface area contributed by atoms with Gasteiger partial charge in [-0.15, -0.1) is 0 Å². The monoisotopic (exact) mass is 493 g/mol. The lowest BCUT2D eigenvalue weighted by Crippen LogP contribution is -2.32. The first-order valence-corrected chi connectivity index (χ1v) is 12.3. The van der Waals surface area contributed by atoms with Crippen molar-refractivity contribution in [2.24, 2.45) is 0 Å². The second-order valence-corrected chi connectivity index (χ2v) is 9.22. The molecule has 0 spiro atoms. The molecular formula is C29H27N5O3. The Morgan fingerprint density at radius 2 is 1.62 bits per heavy atom. The van der Waals surface area contributed by atoms with Crippen LogP contribution in [-0.4, -0.2) is 43.3 Å². The number of nitrogens with zero attached hydrogens (tertiary/aromatic N) is 5. The number of aromatic nitrogens is 5. The minimum Gasteiger partial charge on any atom is -0.491 e. The first-order chi connectivity index (χ1) is 18.1. The van der Waals surface area contributed by atoms with Gasteiger partial charge in [-0.1, -0.05) is 41.5 Å². The van der Waals surface area contributed by atoms with Crippen LogP contribution in [-0.2, 0) is 4.74 Å². The summed E-state index contributed by atoms with van der Waals surface area (Å²) in [5.74, 6) is 1.60. The van der Waals surface area contributed by atoms with E-state index in [1.165, 1.54) is 17.5 Å². The Hall–Kier alpha value is -4.30. The zero-order valence-corrected chi connectivity index (χ0v) is 20.7. The average molecular weight is 494 g/mol. The molecule has 1 aliphatic rings. The first kappa shape index (κ1) is 23.1. The molecule has 8 heteroatoms. The molecule has 5 aromatic rings. The van der Waals surface area contributed by atoms with Crippen molar-refractivity contribution in [3.05, 3.63) is 96.7 Å². The summed E-state index contributed by atoms with van der Waals surface area (Å²) < 4.78 is 21.0. The lowest BCUT2D eigenvalue weighted by atomic mass is 10.1. The predicted molar refractivity (Wildman–Crippen MR) is 139 cm³/mol. The maximum atomic E-state index is 6.51. The van der Waals surface area contributed by atoms with Crippen LogP contribution in [0.1, 0.15) is 23.8 Å². The Morgan fingerprint density at radius 3 is 2.35 bits per heavy atom. The van der Waals surface area contributed by atoms with Crippen LogP contribution in [0.2, 0.25) is 0 Å². The van der Waals surface area contributed by atoms with Gasteiger partial charge in [0.15, 0.2) is 5.65 Å². The summed E-state index contributed by atoms with van der Waals surface area (Å²) in [7, 11) is 0. The van der Waals surface area contributed by atoms with Crippen molar-refractivity contribution >= 4 is 11.2 Å². The smallest absolute Gasteiger partial charge is 0.166 e. The Bertz CT molecular complexity index is 1490. The van der Waals surface area contributed by atoms with Crippen LogP contribution in [0.25, 0.3) is 22.6 Å². The second-order valence-electron chi connectivity index (χ2n) is 9.22. The van der Waals surface area contributed by atoms with Gasteiger partial charge in [-0.25, -0.2) is 15.0 Å². The second kappa shape index (κ2) is 9.99. The largest absolute Gasteiger partial charge is 0.491 e. The van der Waals surface area contributed by atoms with E-state index < -0.39 is 0 Å². The van der Waals surface area contributed by atoms with Crippen LogP contribution in [0.3, 0.4) is 0 Å². The summed E-state index contributed by atoms with van der Waals surface area (Å²) in [6, 6.07) is 21.8. The molecule has 1 fully saturated rings. The lowest BCUT2D eigenvalue weighted by Gasteiger charge is -2.20. The molecule has 0 amide bonds. The van der Waals surface area contributed by atoms with Crippen molar-refractivity contribution in [1.82, 2.24) is 24.5 Å². The molecule has 3 atom stereocenters. The number of imidazole rings is 1. The topological polar surface area (TPSA) is 84.2 Å². The summed E-state index contributed by atoms with van der Waals surface area (Å²) in [4.78, 5) is 18.0. The van der Waals surface area contributed by atoms with E-state index in [0.717, 1.165) is 17.2 Å². The molecule has 3 aromatic heterocycles. The van der Waals surface area contributed by atoms with Gasteiger partial charge in [0.2, 0.25) is 0 Å². The van der Waals surface area contributed by atoms with Gasteiger partial charge in [-0.3, -0.25) is 9.55 Å². The van der Waals surface area contributed by atoms with Crippen LogP contribution < -0.4 is 9.47 Å². The lowest BCUT2D eigenvalue weighted by molar-refractivity contribution is -0.0341. The Balaban J connectivity index is 1.27. The van der Waals surface area contributed by atoms with Gasteiger partial charge in [0.25, 0.3) is 0 Å². The molecule has 0 aliphatic carbocycles. The van der Waals surface area contributed by atoms with Gasteiger partial charge in [0, 0.05) is 12.6 Å². The van der Waals surface area contributed by atoms with E-state index in [2.05, 4.69) is 33.8 Å². The van der Waals surface area contributed by atoms with Crippen LogP contribution in [0.15, 0.2) is 85.6 Å². The molecule has 4 heterocycles. The summed E-state index contributed by atoms with van der Waals surface area (Å²) in [5.41, 5.74) is 5.17. The third kappa shape index (κ3) is 4.88. The Kier molecular flexibility index (Phi) is 6.24. The van der Waals surface area contributed by atoms with Crippen molar-refractivity contribution in [3.8, 4) is 22.9 Å². The van der Waals surface area contributed by atoms with E-state index in [-0.39, 0.29) is 18.4 Å². The fourth-order valence-electron chi connectivity index (χ4n) is 4.50. The third-order valence-corrected chi connectivity index (χ3v) is 6.50. The van der Waals surface area contributed by atoms with Crippen LogP contribution in [0.5, 0.6) is 11.5 Å². The molecule has 37 heavy (non-hydrogen) atoms. The number of hydrogen-bond acceptors (Lipinski definition) is 7. The first-order valence-electron chi connectivity index (χ1n) is 12.3. The maximum absolute atomic E-state index is 6.51. The molecule has 0 radical (unpaired) electrons. The van der Waals surface area contributed by atoms with Crippen LogP contribution in [0, 0.1) is 13.8 Å². The molecule has 2 aromatic carbocycles. The number of benzene rings is 2. The van der Waals surface area contributed by atoms with Gasteiger partial charge >= 0.3 is 0 Å². The van der Waals surface area contributed by atoms with E-state index in [4.69, 9.17) is 14.2 Å². The van der Waals surface area contributed by atoms with Crippen LogP contribution in [0.4, 0.5) is 0 Å². The highest BCUT2D eigenvalue weighted by molar-refractivity contribution is 5.85. The summed E-state index contributed by atoms with van der Waals surface area (Å²) >= 11 is 0. The van der Waals surface area contributed by atoms with Gasteiger partial charge in [-0.2, -0.15) is 0 Å². The van der Waals surface area contributed by atoms with E-state index in [1.54, 1.807) is 12.5 Å². The molecular weight excluding hydrogens is 466 g/mol. The van der Waals surface area contributed by atoms with E-state index in [1.807, 2.05) is 71.3 Å². The number of rotatable bonds is 7. The average Bonchev–Trinajstić information content (AvgIpc) is 3.54. The standard InChI is InChI=1S/C29H27N5O3/c1-19-6-10-21(11-7-19)35-16-25-24(36-22-12-8-20(2)9-13-22)15-26(37-25)34-18-33-28-27(31-17-32-29(28)34)23-5-3-4-14-30-23/h3-14,17-18,24-26H,15-16H2,1-2H3/t24-,25+,26+/m0/s1. The molecule has 6 rings (SSSR count). The maximum Gasteiger partial charge on any atom is 0.166 e. The minimum atomic E-state index is -0.321. The number of ether oxygens (including phenoxy) is 3. The molecule has 0 N–H and O–H groups in total. The fraction of sp³-hybridized carbons (Fsp3) is 0.241. The highest BCUT2D eigenvalue weighted by Gasteiger charge is 2.39. The van der Waals surface area contributed by atoms with Gasteiger partial charge in [0.1, 0.15) is 54.1 Å². The summed E-state index contributed by atoms with van der Waals surface area (Å²) in [5, 5.41) is 0. The van der Waals surface area contributed by atoms with Gasteiger partial charge in [-0.05, 0) is 50.2 Å². The van der Waals surface area contributed by atoms with Gasteiger partial charge in [0.05, 0.1) is 12.0 Å². The SMILES string of the molecule is Cc1ccc(OC[C@H]2O[C@@H](n3cnc4c(-c5ccccn5)ncnc43)C[C@@H]2Oc2ccc(C)cc2)cc1. The number of aryl methyl sites for hydroxylation is 2. The van der Waals surface area contributed by atoms with E-state index in [0.29, 0.717) is 29.9 Å². The molecule has 186 valence electrons. The Labute approximate surface area is 214 Å². The molecule has 8 nitrogen and oxygen atoms in total. The van der Waals surface area contributed by atoms with Crippen molar-refractivity contribution < 1.29 is 14.2 Å². The quantitative estimate of drug-likeness (QED) is 0.303. The van der Waals surface area contributed by atoms with Gasteiger partial charge < -0.3 is 14.2 Å². The highest BCUT2D eigenvalue weighted by atomic mass is 16.6. The molecule has 0 bridgehead atoms. The van der Waals surface area contributed by atoms with E-state index in [9.17, 15) is 0 Å². The zero-order chi connectivity index (χ0) is 25.2. The Morgan fingerprint density at radius 1 is 0.865 bits per heavy atom. The molecule has 0 unspecified atom stereocenters. The zero-order valence-electron chi connectivity index (χ0n) is 20.7. The van der Waals surface area contributed by atoms with Crippen LogP contribution >= 0.6 is 0 Å². The fourth-order valence-corrected chi connectivity index (χ4v) is 4.50.